The normalized spacial score (nSPS) is 12.5. The van der Waals surface area contributed by atoms with Gasteiger partial charge in [0.2, 0.25) is 5.96 Å². The molecule has 0 aliphatic heterocycles. The van der Waals surface area contributed by atoms with Gasteiger partial charge in [-0.15, -0.1) is 0 Å². The van der Waals surface area contributed by atoms with E-state index in [-0.39, 0.29) is 11.5 Å². The summed E-state index contributed by atoms with van der Waals surface area (Å²) in [5, 5.41) is 14.2. The van der Waals surface area contributed by atoms with Crippen molar-refractivity contribution >= 4 is 5.96 Å². The SMILES string of the molecule is CC(C)NC(=NCCC(C)(C)C)NC#N. The van der Waals surface area contributed by atoms with Crippen LogP contribution < -0.4 is 10.6 Å². The quantitative estimate of drug-likeness (QED) is 0.323. The van der Waals surface area contributed by atoms with Crippen LogP contribution in [0, 0.1) is 16.9 Å². The second-order valence-corrected chi connectivity index (χ2v) is 5.08. The molecule has 0 aromatic rings. The molecule has 0 aromatic carbocycles. The van der Waals surface area contributed by atoms with Gasteiger partial charge in [-0.05, 0) is 25.7 Å². The van der Waals surface area contributed by atoms with Gasteiger partial charge in [-0.1, -0.05) is 20.8 Å². The number of nitrogens with zero attached hydrogens (tertiary/aromatic N) is 2. The first kappa shape index (κ1) is 13.8. The molecule has 4 nitrogen and oxygen atoms in total. The lowest BCUT2D eigenvalue weighted by atomic mass is 9.93. The Labute approximate surface area is 92.8 Å². The highest BCUT2D eigenvalue weighted by Gasteiger charge is 2.09. The maximum atomic E-state index is 8.53. The smallest absolute Gasteiger partial charge is 0.204 e. The lowest BCUT2D eigenvalue weighted by Gasteiger charge is -2.17. The third-order valence-electron chi connectivity index (χ3n) is 1.73. The molecule has 0 amide bonds. The molecule has 0 aromatic heterocycles. The van der Waals surface area contributed by atoms with Crippen LogP contribution in [-0.2, 0) is 0 Å². The summed E-state index contributed by atoms with van der Waals surface area (Å²) in [6.45, 7) is 11.3. The minimum absolute atomic E-state index is 0.277. The summed E-state index contributed by atoms with van der Waals surface area (Å²) in [5.74, 6) is 0.566. The zero-order chi connectivity index (χ0) is 11.9. The maximum absolute atomic E-state index is 8.53. The highest BCUT2D eigenvalue weighted by atomic mass is 15.2. The van der Waals surface area contributed by atoms with E-state index in [1.807, 2.05) is 20.0 Å². The monoisotopic (exact) mass is 210 g/mol. The van der Waals surface area contributed by atoms with Crippen LogP contribution in [-0.4, -0.2) is 18.5 Å². The number of aliphatic imine (C=N–C) groups is 1. The molecule has 86 valence electrons. The average molecular weight is 210 g/mol. The number of nitriles is 1. The van der Waals surface area contributed by atoms with Crippen molar-refractivity contribution in [3.8, 4) is 6.19 Å². The molecule has 0 bridgehead atoms. The highest BCUT2D eigenvalue weighted by Crippen LogP contribution is 2.17. The Morgan fingerprint density at radius 1 is 1.40 bits per heavy atom. The molecular weight excluding hydrogens is 188 g/mol. The van der Waals surface area contributed by atoms with Crippen molar-refractivity contribution in [2.24, 2.45) is 10.4 Å². The summed E-state index contributed by atoms with van der Waals surface area (Å²) >= 11 is 0. The second-order valence-electron chi connectivity index (χ2n) is 5.08. The Morgan fingerprint density at radius 3 is 2.40 bits per heavy atom. The number of hydrogen-bond acceptors (Lipinski definition) is 2. The zero-order valence-electron chi connectivity index (χ0n) is 10.4. The van der Waals surface area contributed by atoms with Crippen LogP contribution in [0.1, 0.15) is 41.0 Å². The van der Waals surface area contributed by atoms with E-state index >= 15 is 0 Å². The van der Waals surface area contributed by atoms with Crippen LogP contribution in [0.2, 0.25) is 0 Å². The van der Waals surface area contributed by atoms with E-state index in [0.717, 1.165) is 13.0 Å². The average Bonchev–Trinajstić information content (AvgIpc) is 2.00. The summed E-state index contributed by atoms with van der Waals surface area (Å²) in [6.07, 6.45) is 2.88. The van der Waals surface area contributed by atoms with E-state index in [1.54, 1.807) is 0 Å². The van der Waals surface area contributed by atoms with Gasteiger partial charge in [0.1, 0.15) is 0 Å². The van der Waals surface area contributed by atoms with Gasteiger partial charge in [0, 0.05) is 12.6 Å². The molecule has 0 saturated carbocycles. The van der Waals surface area contributed by atoms with Gasteiger partial charge >= 0.3 is 0 Å². The van der Waals surface area contributed by atoms with E-state index in [9.17, 15) is 0 Å². The first-order valence-electron chi connectivity index (χ1n) is 5.31. The van der Waals surface area contributed by atoms with Gasteiger partial charge in [-0.3, -0.25) is 10.3 Å². The summed E-state index contributed by atoms with van der Waals surface area (Å²) < 4.78 is 0. The molecule has 0 unspecified atom stereocenters. The summed E-state index contributed by atoms with van der Waals surface area (Å²) in [4.78, 5) is 4.31. The van der Waals surface area contributed by atoms with Gasteiger partial charge in [0.25, 0.3) is 0 Å². The molecule has 0 atom stereocenters. The number of guanidine groups is 1. The number of nitrogens with one attached hydrogen (secondary N) is 2. The van der Waals surface area contributed by atoms with E-state index in [2.05, 4.69) is 36.4 Å². The zero-order valence-corrected chi connectivity index (χ0v) is 10.4. The topological polar surface area (TPSA) is 60.2 Å². The summed E-state index contributed by atoms with van der Waals surface area (Å²) in [6, 6.07) is 0.277. The molecule has 0 aliphatic rings. The third-order valence-corrected chi connectivity index (χ3v) is 1.73. The molecule has 0 radical (unpaired) electrons. The lowest BCUT2D eigenvalue weighted by Crippen LogP contribution is -2.39. The molecule has 2 N–H and O–H groups in total. The van der Waals surface area contributed by atoms with Crippen molar-refractivity contribution < 1.29 is 0 Å². The Bertz CT molecular complexity index is 242. The molecule has 4 heteroatoms. The van der Waals surface area contributed by atoms with Crippen molar-refractivity contribution in [2.75, 3.05) is 6.54 Å². The van der Waals surface area contributed by atoms with Crippen molar-refractivity contribution in [2.45, 2.75) is 47.1 Å². The van der Waals surface area contributed by atoms with Crippen LogP contribution in [0.5, 0.6) is 0 Å². The van der Waals surface area contributed by atoms with E-state index in [1.165, 1.54) is 0 Å². The third kappa shape index (κ3) is 9.07. The molecule has 0 spiro atoms. The van der Waals surface area contributed by atoms with Crippen LogP contribution in [0.4, 0.5) is 0 Å². The van der Waals surface area contributed by atoms with Gasteiger partial charge < -0.3 is 5.32 Å². The highest BCUT2D eigenvalue weighted by molar-refractivity contribution is 5.81. The number of hydrogen-bond donors (Lipinski definition) is 2. The summed E-state index contributed by atoms with van der Waals surface area (Å²) in [7, 11) is 0. The summed E-state index contributed by atoms with van der Waals surface area (Å²) in [5.41, 5.74) is 0.277. The Morgan fingerprint density at radius 2 is 2.00 bits per heavy atom. The van der Waals surface area contributed by atoms with E-state index in [4.69, 9.17) is 5.26 Å². The van der Waals surface area contributed by atoms with Crippen molar-refractivity contribution in [3.05, 3.63) is 0 Å². The van der Waals surface area contributed by atoms with Crippen LogP contribution in [0.25, 0.3) is 0 Å². The van der Waals surface area contributed by atoms with Gasteiger partial charge in [0.15, 0.2) is 6.19 Å². The van der Waals surface area contributed by atoms with Crippen molar-refractivity contribution in [3.63, 3.8) is 0 Å². The van der Waals surface area contributed by atoms with Crippen LogP contribution >= 0.6 is 0 Å². The molecule has 0 fully saturated rings. The maximum Gasteiger partial charge on any atom is 0.204 e. The number of rotatable bonds is 3. The van der Waals surface area contributed by atoms with Crippen molar-refractivity contribution in [1.82, 2.24) is 10.6 Å². The van der Waals surface area contributed by atoms with Crippen molar-refractivity contribution in [1.29, 1.82) is 5.26 Å². The molecule has 0 saturated heterocycles. The minimum Gasteiger partial charge on any atom is -0.353 e. The van der Waals surface area contributed by atoms with Crippen LogP contribution in [0.15, 0.2) is 4.99 Å². The Kier molecular flexibility index (Phi) is 5.76. The largest absolute Gasteiger partial charge is 0.353 e. The predicted octanol–water partition coefficient (Wildman–Crippen LogP) is 1.85. The van der Waals surface area contributed by atoms with E-state index < -0.39 is 0 Å². The fourth-order valence-corrected chi connectivity index (χ4v) is 0.951. The van der Waals surface area contributed by atoms with Gasteiger partial charge in [0.05, 0.1) is 0 Å². The van der Waals surface area contributed by atoms with Crippen LogP contribution in [0.3, 0.4) is 0 Å². The predicted molar refractivity (Wildman–Crippen MR) is 63.4 cm³/mol. The lowest BCUT2D eigenvalue weighted by molar-refractivity contribution is 0.385. The van der Waals surface area contributed by atoms with Gasteiger partial charge in [-0.2, -0.15) is 5.26 Å². The fourth-order valence-electron chi connectivity index (χ4n) is 0.951. The first-order valence-corrected chi connectivity index (χ1v) is 5.31. The first-order chi connectivity index (χ1) is 6.85. The molecule has 0 rings (SSSR count). The minimum atomic E-state index is 0.277. The molecule has 0 aliphatic carbocycles. The second kappa shape index (κ2) is 6.28. The van der Waals surface area contributed by atoms with E-state index in [0.29, 0.717) is 5.96 Å². The Hall–Kier alpha value is -1.24. The molecule has 0 heterocycles. The Balaban J connectivity index is 4.13. The van der Waals surface area contributed by atoms with Gasteiger partial charge in [-0.25, -0.2) is 0 Å². The molecular formula is C11H22N4. The molecule has 15 heavy (non-hydrogen) atoms. The fraction of sp³-hybridized carbons (Fsp3) is 0.818. The standard InChI is InChI=1S/C11H22N4/c1-9(2)15-10(14-8-12)13-7-6-11(3,4)5/h9H,6-7H2,1-5H3,(H2,13,14,15).